The number of benzene rings is 2. The quantitative estimate of drug-likeness (QED) is 0.897. The number of hydrogen-bond acceptors (Lipinski definition) is 5. The van der Waals surface area contributed by atoms with Gasteiger partial charge in [-0.25, -0.2) is 9.69 Å². The summed E-state index contributed by atoms with van der Waals surface area (Å²) in [6, 6.07) is 14.8. The Morgan fingerprint density at radius 1 is 1.09 bits per heavy atom. The van der Waals surface area contributed by atoms with Gasteiger partial charge in [0.25, 0.3) is 11.1 Å². The van der Waals surface area contributed by atoms with Crippen LogP contribution in [0, 0.1) is 0 Å². The van der Waals surface area contributed by atoms with Crippen molar-refractivity contribution in [1.82, 2.24) is 0 Å². The second kappa shape index (κ2) is 6.13. The van der Waals surface area contributed by atoms with E-state index in [2.05, 4.69) is 5.32 Å². The number of carbonyl (C=O) groups is 3. The molecule has 2 aromatic carbocycles. The molecular weight excluding hydrogens is 316 g/mol. The summed E-state index contributed by atoms with van der Waals surface area (Å²) in [4.78, 5) is 36.6. The lowest BCUT2D eigenvalue weighted by Gasteiger charge is -2.15. The van der Waals surface area contributed by atoms with E-state index in [1.165, 1.54) is 12.1 Å². The number of rotatable bonds is 4. The molecule has 0 bridgehead atoms. The first kappa shape index (κ1) is 15.1. The number of anilines is 2. The summed E-state index contributed by atoms with van der Waals surface area (Å²) in [5.41, 5.74) is 1.09. The maximum absolute atomic E-state index is 12.4. The zero-order valence-corrected chi connectivity index (χ0v) is 12.6. The summed E-state index contributed by atoms with van der Waals surface area (Å²) in [6.07, 6.45) is 0. The molecule has 1 fully saturated rings. The van der Waals surface area contributed by atoms with Gasteiger partial charge in [-0.2, -0.15) is 0 Å². The SMILES string of the molecule is O=C(O)c1cccc(N[C@H]2SC(=O)N(c3ccccc3)C2=O)c1. The average molecular weight is 328 g/mol. The fourth-order valence-corrected chi connectivity index (χ4v) is 3.11. The van der Waals surface area contributed by atoms with E-state index < -0.39 is 11.3 Å². The summed E-state index contributed by atoms with van der Waals surface area (Å²) in [7, 11) is 0. The Kier molecular flexibility index (Phi) is 4.03. The highest BCUT2D eigenvalue weighted by molar-refractivity contribution is 8.16. The molecule has 3 rings (SSSR count). The normalized spacial score (nSPS) is 17.4. The van der Waals surface area contributed by atoms with Crippen LogP contribution in [-0.4, -0.2) is 27.6 Å². The first-order valence-electron chi connectivity index (χ1n) is 6.76. The number of carbonyl (C=O) groups excluding carboxylic acids is 2. The molecule has 2 N–H and O–H groups in total. The zero-order chi connectivity index (χ0) is 16.4. The number of aromatic carboxylic acids is 1. The van der Waals surface area contributed by atoms with Crippen molar-refractivity contribution in [3.63, 3.8) is 0 Å². The molecule has 1 saturated heterocycles. The molecule has 2 amide bonds. The molecular formula is C16H12N2O4S. The van der Waals surface area contributed by atoms with Crippen LogP contribution in [0.1, 0.15) is 10.4 Å². The van der Waals surface area contributed by atoms with Crippen molar-refractivity contribution in [3.05, 3.63) is 60.2 Å². The van der Waals surface area contributed by atoms with Crippen molar-refractivity contribution in [1.29, 1.82) is 0 Å². The van der Waals surface area contributed by atoms with Crippen LogP contribution in [0.3, 0.4) is 0 Å². The summed E-state index contributed by atoms with van der Waals surface area (Å²) < 4.78 is 0. The Morgan fingerprint density at radius 3 is 2.52 bits per heavy atom. The third kappa shape index (κ3) is 3.04. The molecule has 1 aliphatic heterocycles. The predicted octanol–water partition coefficient (Wildman–Crippen LogP) is 3.02. The van der Waals surface area contributed by atoms with Crippen LogP contribution in [0.15, 0.2) is 54.6 Å². The summed E-state index contributed by atoms with van der Waals surface area (Å²) >= 11 is 0.865. The second-order valence-corrected chi connectivity index (χ2v) is 5.86. The molecule has 116 valence electrons. The van der Waals surface area contributed by atoms with E-state index in [0.29, 0.717) is 11.4 Å². The Labute approximate surface area is 136 Å². The minimum atomic E-state index is -1.05. The van der Waals surface area contributed by atoms with Gasteiger partial charge in [-0.05, 0) is 42.1 Å². The van der Waals surface area contributed by atoms with Crippen molar-refractivity contribution >= 4 is 40.3 Å². The highest BCUT2D eigenvalue weighted by Crippen LogP contribution is 2.32. The molecule has 1 atom stereocenters. The molecule has 23 heavy (non-hydrogen) atoms. The van der Waals surface area contributed by atoms with Gasteiger partial charge in [-0.15, -0.1) is 0 Å². The van der Waals surface area contributed by atoms with Gasteiger partial charge in [0.2, 0.25) is 0 Å². The predicted molar refractivity (Wildman–Crippen MR) is 87.7 cm³/mol. The Hall–Kier alpha value is -2.80. The Bertz CT molecular complexity index is 779. The zero-order valence-electron chi connectivity index (χ0n) is 11.8. The molecule has 0 unspecified atom stereocenters. The largest absolute Gasteiger partial charge is 0.478 e. The van der Waals surface area contributed by atoms with E-state index in [4.69, 9.17) is 5.11 Å². The van der Waals surface area contributed by atoms with Gasteiger partial charge in [0.1, 0.15) is 0 Å². The highest BCUT2D eigenvalue weighted by Gasteiger charge is 2.40. The van der Waals surface area contributed by atoms with Crippen LogP contribution in [0.4, 0.5) is 16.2 Å². The lowest BCUT2D eigenvalue weighted by Crippen LogP contribution is -2.34. The van der Waals surface area contributed by atoms with E-state index in [9.17, 15) is 14.4 Å². The fraction of sp³-hybridized carbons (Fsp3) is 0.0625. The smallest absolute Gasteiger partial charge is 0.335 e. The van der Waals surface area contributed by atoms with Crippen molar-refractivity contribution in [3.8, 4) is 0 Å². The van der Waals surface area contributed by atoms with Gasteiger partial charge in [0.15, 0.2) is 5.37 Å². The lowest BCUT2D eigenvalue weighted by atomic mass is 10.2. The van der Waals surface area contributed by atoms with E-state index in [0.717, 1.165) is 16.7 Å². The van der Waals surface area contributed by atoms with E-state index in [1.807, 2.05) is 0 Å². The van der Waals surface area contributed by atoms with Gasteiger partial charge in [0.05, 0.1) is 11.3 Å². The topological polar surface area (TPSA) is 86.7 Å². The summed E-state index contributed by atoms with van der Waals surface area (Å²) in [6.45, 7) is 0. The molecule has 0 aromatic heterocycles. The minimum Gasteiger partial charge on any atom is -0.478 e. The van der Waals surface area contributed by atoms with Crippen LogP contribution >= 0.6 is 11.8 Å². The average Bonchev–Trinajstić information content (AvgIpc) is 2.82. The molecule has 1 heterocycles. The van der Waals surface area contributed by atoms with Crippen LogP contribution in [-0.2, 0) is 4.79 Å². The van der Waals surface area contributed by atoms with Crippen molar-refractivity contribution < 1.29 is 19.5 Å². The summed E-state index contributed by atoms with van der Waals surface area (Å²) in [5.74, 6) is -1.44. The molecule has 0 radical (unpaired) electrons. The number of carboxylic acid groups (broad SMARTS) is 1. The maximum atomic E-state index is 12.4. The molecule has 0 aliphatic carbocycles. The van der Waals surface area contributed by atoms with E-state index in [-0.39, 0.29) is 16.7 Å². The number of hydrogen-bond donors (Lipinski definition) is 2. The van der Waals surface area contributed by atoms with Gasteiger partial charge >= 0.3 is 5.97 Å². The Balaban J connectivity index is 1.80. The first-order chi connectivity index (χ1) is 11.1. The van der Waals surface area contributed by atoms with E-state index in [1.54, 1.807) is 42.5 Å². The number of carboxylic acids is 1. The lowest BCUT2D eigenvalue weighted by molar-refractivity contribution is -0.116. The van der Waals surface area contributed by atoms with E-state index >= 15 is 0 Å². The Morgan fingerprint density at radius 2 is 1.83 bits per heavy atom. The molecule has 7 heteroatoms. The number of nitrogens with one attached hydrogen (secondary N) is 1. The van der Waals surface area contributed by atoms with Crippen molar-refractivity contribution in [2.24, 2.45) is 0 Å². The number of thioether (sulfide) groups is 1. The maximum Gasteiger partial charge on any atom is 0.335 e. The van der Waals surface area contributed by atoms with Crippen LogP contribution in [0.5, 0.6) is 0 Å². The first-order valence-corrected chi connectivity index (χ1v) is 7.64. The molecule has 1 aliphatic rings. The van der Waals surface area contributed by atoms with Crippen LogP contribution in [0.25, 0.3) is 0 Å². The monoisotopic (exact) mass is 328 g/mol. The fourth-order valence-electron chi connectivity index (χ4n) is 2.21. The van der Waals surface area contributed by atoms with Gasteiger partial charge in [-0.1, -0.05) is 24.3 Å². The third-order valence-corrected chi connectivity index (χ3v) is 4.21. The standard InChI is InChI=1S/C16H12N2O4S/c19-14-13(17-11-6-4-5-10(9-11)15(20)21)23-16(22)18(14)12-7-2-1-3-8-12/h1-9,13,17H,(H,20,21)/t13-/m0/s1. The number of nitrogens with zero attached hydrogens (tertiary/aromatic N) is 1. The van der Waals surface area contributed by atoms with Gasteiger partial charge < -0.3 is 10.4 Å². The molecule has 0 spiro atoms. The van der Waals surface area contributed by atoms with Crippen molar-refractivity contribution in [2.45, 2.75) is 5.37 Å². The minimum absolute atomic E-state index is 0.108. The molecule has 6 nitrogen and oxygen atoms in total. The van der Waals surface area contributed by atoms with Crippen molar-refractivity contribution in [2.75, 3.05) is 10.2 Å². The number of para-hydroxylation sites is 1. The highest BCUT2D eigenvalue weighted by atomic mass is 32.2. The van der Waals surface area contributed by atoms with Gasteiger partial charge in [-0.3, -0.25) is 9.59 Å². The second-order valence-electron chi connectivity index (χ2n) is 4.80. The summed E-state index contributed by atoms with van der Waals surface area (Å²) in [5, 5.41) is 10.7. The molecule has 0 saturated carbocycles. The third-order valence-electron chi connectivity index (χ3n) is 3.27. The van der Waals surface area contributed by atoms with Crippen LogP contribution < -0.4 is 10.2 Å². The number of imide groups is 1. The number of amides is 2. The van der Waals surface area contributed by atoms with Crippen LogP contribution in [0.2, 0.25) is 0 Å². The molecule has 2 aromatic rings. The van der Waals surface area contributed by atoms with Gasteiger partial charge in [0, 0.05) is 5.69 Å².